The highest BCUT2D eigenvalue weighted by atomic mass is 32.3. The van der Waals surface area contributed by atoms with Crippen LogP contribution in [0.2, 0.25) is 0 Å². The number of hydrogen-bond acceptors (Lipinski definition) is 5. The molecule has 0 saturated carbocycles. The minimum Gasteiger partial charge on any atom is -0.490 e. The molecule has 1 aliphatic heterocycles. The molecule has 0 unspecified atom stereocenters. The largest absolute Gasteiger partial charge is 0.490 e. The average molecular weight is 224 g/mol. The quantitative estimate of drug-likeness (QED) is 0.671. The third-order valence-electron chi connectivity index (χ3n) is 1.77. The summed E-state index contributed by atoms with van der Waals surface area (Å²) in [5, 5.41) is 9.17. The van der Waals surface area contributed by atoms with Crippen molar-refractivity contribution in [2.75, 3.05) is 12.9 Å². The average Bonchev–Trinajstić information content (AvgIpc) is 2.47. The maximum atomic E-state index is 9.17. The van der Waals surface area contributed by atoms with Gasteiger partial charge < -0.3 is 18.9 Å². The first-order valence-electron chi connectivity index (χ1n) is 4.31. The van der Waals surface area contributed by atoms with Crippen LogP contribution >= 0.6 is 10.9 Å². The van der Waals surface area contributed by atoms with Gasteiger partial charge in [-0.2, -0.15) is 0 Å². The molecule has 3 N–H and O–H groups in total. The van der Waals surface area contributed by atoms with Gasteiger partial charge in [-0.25, -0.2) is 0 Å². The van der Waals surface area contributed by atoms with E-state index in [9.17, 15) is 5.11 Å². The Bertz CT molecular complexity index is 220. The lowest BCUT2D eigenvalue weighted by Gasteiger charge is -2.23. The van der Waals surface area contributed by atoms with Gasteiger partial charge in [0.25, 0.3) is 0 Å². The van der Waals surface area contributed by atoms with Crippen molar-refractivity contribution in [3.8, 4) is 0 Å². The first-order chi connectivity index (χ1) is 6.38. The van der Waals surface area contributed by atoms with Crippen molar-refractivity contribution in [2.24, 2.45) is 0 Å². The Morgan fingerprint density at radius 1 is 1.71 bits per heavy atom. The molecule has 0 aromatic carbocycles. The van der Waals surface area contributed by atoms with E-state index >= 15 is 0 Å². The van der Waals surface area contributed by atoms with Gasteiger partial charge in [-0.3, -0.25) is 4.18 Å². The van der Waals surface area contributed by atoms with Crippen molar-refractivity contribution in [1.82, 2.24) is 0 Å². The zero-order valence-corrected chi connectivity index (χ0v) is 9.03. The van der Waals surface area contributed by atoms with E-state index in [1.165, 1.54) is 6.26 Å². The normalized spacial score (nSPS) is 25.5. The fourth-order valence-corrected chi connectivity index (χ4v) is 1.52. The Balaban J connectivity index is 2.26. The van der Waals surface area contributed by atoms with Crippen LogP contribution in [0.3, 0.4) is 0 Å². The second kappa shape index (κ2) is 4.50. The molecular formula is C8H16O5S. The highest BCUT2D eigenvalue weighted by Gasteiger charge is 2.23. The summed E-state index contributed by atoms with van der Waals surface area (Å²) < 4.78 is 28.0. The highest BCUT2D eigenvalue weighted by Crippen LogP contribution is 2.35. The molecule has 0 aromatic heterocycles. The van der Waals surface area contributed by atoms with Crippen molar-refractivity contribution in [1.29, 1.82) is 0 Å². The summed E-state index contributed by atoms with van der Waals surface area (Å²) in [6.45, 7) is 1.73. The smallest absolute Gasteiger partial charge is 0.127 e. The van der Waals surface area contributed by atoms with Crippen LogP contribution in [-0.4, -0.2) is 39.3 Å². The van der Waals surface area contributed by atoms with Crippen molar-refractivity contribution >= 4 is 10.9 Å². The molecule has 2 atom stereocenters. The maximum absolute atomic E-state index is 9.17. The molecule has 0 aliphatic carbocycles. The second-order valence-corrected chi connectivity index (χ2v) is 5.07. The summed E-state index contributed by atoms with van der Waals surface area (Å²) in [6, 6.07) is 0. The van der Waals surface area contributed by atoms with Crippen LogP contribution in [0.15, 0.2) is 11.8 Å². The summed E-state index contributed by atoms with van der Waals surface area (Å²) >= 11 is 0. The van der Waals surface area contributed by atoms with Gasteiger partial charge in [-0.05, 0) is 13.0 Å². The predicted octanol–water partition coefficient (Wildman–Crippen LogP) is 1.35. The third kappa shape index (κ3) is 3.85. The summed E-state index contributed by atoms with van der Waals surface area (Å²) in [6.07, 6.45) is 2.76. The van der Waals surface area contributed by atoms with E-state index in [4.69, 9.17) is 18.0 Å². The van der Waals surface area contributed by atoms with Gasteiger partial charge >= 0.3 is 0 Å². The molecule has 0 radical (unpaired) electrons. The molecule has 0 bridgehead atoms. The van der Waals surface area contributed by atoms with Crippen LogP contribution in [-0.2, 0) is 8.92 Å². The Morgan fingerprint density at radius 3 is 2.79 bits per heavy atom. The lowest BCUT2D eigenvalue weighted by atomic mass is 10.2. The fraction of sp³-hybridized carbons (Fsp3) is 0.750. The van der Waals surface area contributed by atoms with Gasteiger partial charge in [0, 0.05) is 12.7 Å². The van der Waals surface area contributed by atoms with Crippen molar-refractivity contribution in [2.45, 2.75) is 25.6 Å². The Labute approximate surface area is 84.9 Å². The lowest BCUT2D eigenvalue weighted by Crippen LogP contribution is -2.18. The zero-order valence-electron chi connectivity index (χ0n) is 8.21. The van der Waals surface area contributed by atoms with Crippen LogP contribution in [0.25, 0.3) is 0 Å². The molecule has 1 aliphatic rings. The standard InChI is InChI=1S/C8H16O5S/c1-6(9)8-4-3-7(13-8)5-12-14(2,10)11/h4,6-7,9-11H,3,5H2,1-2H3/t6-,7+/m1/s1. The molecule has 0 amide bonds. The SMILES string of the molecule is C[C@@H](O)C1=CC[C@@H](COS(C)(O)O)O1. The topological polar surface area (TPSA) is 79.2 Å². The van der Waals surface area contributed by atoms with E-state index in [2.05, 4.69) is 0 Å². The third-order valence-corrected chi connectivity index (χ3v) is 2.36. The maximum Gasteiger partial charge on any atom is 0.127 e. The number of aliphatic hydroxyl groups excluding tert-OH is 1. The second-order valence-electron chi connectivity index (χ2n) is 3.31. The van der Waals surface area contributed by atoms with Crippen molar-refractivity contribution in [3.05, 3.63) is 11.8 Å². The van der Waals surface area contributed by atoms with Gasteiger partial charge in [-0.15, -0.1) is 0 Å². The van der Waals surface area contributed by atoms with Gasteiger partial charge in [0.05, 0.1) is 10.9 Å². The minimum absolute atomic E-state index is 0.117. The first-order valence-corrected chi connectivity index (χ1v) is 6.19. The van der Waals surface area contributed by atoms with Crippen LogP contribution < -0.4 is 0 Å². The first kappa shape index (κ1) is 11.8. The number of aliphatic hydroxyl groups is 1. The predicted molar refractivity (Wildman–Crippen MR) is 54.0 cm³/mol. The van der Waals surface area contributed by atoms with Crippen LogP contribution in [0.5, 0.6) is 0 Å². The van der Waals surface area contributed by atoms with Gasteiger partial charge in [0.1, 0.15) is 24.6 Å². The fourth-order valence-electron chi connectivity index (χ4n) is 1.11. The molecule has 5 nitrogen and oxygen atoms in total. The monoisotopic (exact) mass is 224 g/mol. The number of hydrogen-bond donors (Lipinski definition) is 3. The van der Waals surface area contributed by atoms with E-state index in [0.717, 1.165) is 0 Å². The molecule has 6 heteroatoms. The molecule has 1 heterocycles. The number of rotatable bonds is 4. The minimum atomic E-state index is -2.91. The lowest BCUT2D eigenvalue weighted by molar-refractivity contribution is 0.0505. The molecular weight excluding hydrogens is 208 g/mol. The van der Waals surface area contributed by atoms with E-state index in [1.807, 2.05) is 0 Å². The molecule has 0 saturated heterocycles. The zero-order chi connectivity index (χ0) is 10.8. The van der Waals surface area contributed by atoms with Crippen LogP contribution in [0, 0.1) is 0 Å². The van der Waals surface area contributed by atoms with E-state index < -0.39 is 17.0 Å². The summed E-state index contributed by atoms with van der Waals surface area (Å²) in [5.41, 5.74) is 0. The van der Waals surface area contributed by atoms with Crippen molar-refractivity contribution < 1.29 is 23.1 Å². The van der Waals surface area contributed by atoms with Crippen LogP contribution in [0.1, 0.15) is 13.3 Å². The summed E-state index contributed by atoms with van der Waals surface area (Å²) in [7, 11) is -2.91. The van der Waals surface area contributed by atoms with Gasteiger partial charge in [0.2, 0.25) is 0 Å². The molecule has 0 fully saturated rings. The molecule has 14 heavy (non-hydrogen) atoms. The highest BCUT2D eigenvalue weighted by molar-refractivity contribution is 8.19. The van der Waals surface area contributed by atoms with E-state index in [0.29, 0.717) is 12.2 Å². The van der Waals surface area contributed by atoms with Gasteiger partial charge in [-0.1, -0.05) is 0 Å². The van der Waals surface area contributed by atoms with Crippen LogP contribution in [0.4, 0.5) is 0 Å². The van der Waals surface area contributed by atoms with E-state index in [-0.39, 0.29) is 12.7 Å². The Hall–Kier alpha value is -0.270. The van der Waals surface area contributed by atoms with Gasteiger partial charge in [0.15, 0.2) is 0 Å². The Kier molecular flexibility index (Phi) is 3.79. The molecule has 0 aromatic rings. The van der Waals surface area contributed by atoms with E-state index in [1.54, 1.807) is 13.0 Å². The summed E-state index contributed by atoms with van der Waals surface area (Å²) in [4.78, 5) is 0. The molecule has 0 spiro atoms. The summed E-state index contributed by atoms with van der Waals surface area (Å²) in [5.74, 6) is 0.520. The Morgan fingerprint density at radius 2 is 2.36 bits per heavy atom. The van der Waals surface area contributed by atoms with Crippen molar-refractivity contribution in [3.63, 3.8) is 0 Å². The molecule has 84 valence electrons. The molecule has 1 rings (SSSR count). The number of ether oxygens (including phenoxy) is 1.